The molecular weight excluding hydrogens is 204 g/mol. The summed E-state index contributed by atoms with van der Waals surface area (Å²) in [5, 5.41) is 8.90. The molecule has 0 bridgehead atoms. The van der Waals surface area contributed by atoms with Gasteiger partial charge in [0.25, 0.3) is 0 Å². The van der Waals surface area contributed by atoms with Crippen LogP contribution in [-0.4, -0.2) is 5.11 Å². The number of benzene rings is 1. The highest BCUT2D eigenvalue weighted by atomic mass is 79.9. The Balaban J connectivity index is 3.25. The molecule has 0 atom stereocenters. The van der Waals surface area contributed by atoms with Crippen LogP contribution in [0.5, 0.6) is 0 Å². The van der Waals surface area contributed by atoms with Gasteiger partial charge in [0.05, 0.1) is 6.61 Å². The van der Waals surface area contributed by atoms with Gasteiger partial charge in [0, 0.05) is 4.47 Å². The standard InChI is InChI=1S/C9H11BrO/c1-6-3-4-8(5-11)9(10)7(6)2/h3-4,11H,5H2,1-2H3. The van der Waals surface area contributed by atoms with Gasteiger partial charge in [0.1, 0.15) is 0 Å². The Morgan fingerprint density at radius 1 is 1.36 bits per heavy atom. The molecule has 0 aliphatic carbocycles. The topological polar surface area (TPSA) is 20.2 Å². The minimum atomic E-state index is 0.0989. The number of rotatable bonds is 1. The van der Waals surface area contributed by atoms with Gasteiger partial charge in [-0.2, -0.15) is 0 Å². The highest BCUT2D eigenvalue weighted by Crippen LogP contribution is 2.23. The molecule has 1 nitrogen and oxygen atoms in total. The first-order chi connectivity index (χ1) is 5.16. The summed E-state index contributed by atoms with van der Waals surface area (Å²) < 4.78 is 1.03. The molecule has 0 aliphatic heterocycles. The van der Waals surface area contributed by atoms with Gasteiger partial charge in [-0.3, -0.25) is 0 Å². The molecule has 0 fully saturated rings. The van der Waals surface area contributed by atoms with E-state index in [1.54, 1.807) is 0 Å². The van der Waals surface area contributed by atoms with Crippen LogP contribution < -0.4 is 0 Å². The van der Waals surface area contributed by atoms with Gasteiger partial charge in [0.2, 0.25) is 0 Å². The minimum Gasteiger partial charge on any atom is -0.392 e. The minimum absolute atomic E-state index is 0.0989. The smallest absolute Gasteiger partial charge is 0.0692 e. The summed E-state index contributed by atoms with van der Waals surface area (Å²) >= 11 is 3.43. The maximum absolute atomic E-state index is 8.90. The monoisotopic (exact) mass is 214 g/mol. The third-order valence-electron chi connectivity index (χ3n) is 1.91. The SMILES string of the molecule is Cc1ccc(CO)c(Br)c1C. The molecule has 0 spiro atoms. The lowest BCUT2D eigenvalue weighted by Gasteiger charge is -2.06. The molecule has 2 heteroatoms. The molecule has 0 heterocycles. The van der Waals surface area contributed by atoms with Crippen LogP contribution in [0.15, 0.2) is 16.6 Å². The van der Waals surface area contributed by atoms with Crippen LogP contribution in [-0.2, 0) is 6.61 Å². The molecule has 11 heavy (non-hydrogen) atoms. The van der Waals surface area contributed by atoms with Crippen molar-refractivity contribution in [2.75, 3.05) is 0 Å². The first kappa shape index (κ1) is 8.75. The van der Waals surface area contributed by atoms with Crippen LogP contribution in [0.3, 0.4) is 0 Å². The number of aliphatic hydroxyl groups is 1. The third kappa shape index (κ3) is 1.63. The van der Waals surface area contributed by atoms with Crippen molar-refractivity contribution in [2.24, 2.45) is 0 Å². The van der Waals surface area contributed by atoms with Crippen molar-refractivity contribution in [3.63, 3.8) is 0 Å². The first-order valence-electron chi connectivity index (χ1n) is 3.52. The third-order valence-corrected chi connectivity index (χ3v) is 3.01. The van der Waals surface area contributed by atoms with Crippen LogP contribution in [0.1, 0.15) is 16.7 Å². The fraction of sp³-hybridized carbons (Fsp3) is 0.333. The second kappa shape index (κ2) is 3.37. The predicted octanol–water partition coefficient (Wildman–Crippen LogP) is 2.56. The summed E-state index contributed by atoms with van der Waals surface area (Å²) in [7, 11) is 0. The summed E-state index contributed by atoms with van der Waals surface area (Å²) in [5.41, 5.74) is 3.40. The van der Waals surface area contributed by atoms with E-state index in [9.17, 15) is 0 Å². The van der Waals surface area contributed by atoms with Crippen molar-refractivity contribution >= 4 is 15.9 Å². The molecule has 0 amide bonds. The average molecular weight is 215 g/mol. The molecule has 0 unspecified atom stereocenters. The zero-order chi connectivity index (χ0) is 8.43. The maximum atomic E-state index is 8.90. The molecule has 1 aromatic rings. The van der Waals surface area contributed by atoms with Gasteiger partial charge >= 0.3 is 0 Å². The van der Waals surface area contributed by atoms with Gasteiger partial charge in [-0.05, 0) is 30.5 Å². The lowest BCUT2D eigenvalue weighted by Crippen LogP contribution is -1.90. The summed E-state index contributed by atoms with van der Waals surface area (Å²) in [6, 6.07) is 3.96. The van der Waals surface area contributed by atoms with Crippen LogP contribution in [0.4, 0.5) is 0 Å². The van der Waals surface area contributed by atoms with Crippen molar-refractivity contribution in [1.82, 2.24) is 0 Å². The zero-order valence-corrected chi connectivity index (χ0v) is 8.27. The molecule has 1 aromatic carbocycles. The van der Waals surface area contributed by atoms with Crippen molar-refractivity contribution < 1.29 is 5.11 Å². The van der Waals surface area contributed by atoms with Crippen molar-refractivity contribution in [3.05, 3.63) is 33.3 Å². The summed E-state index contributed by atoms with van der Waals surface area (Å²) in [4.78, 5) is 0. The van der Waals surface area contributed by atoms with E-state index in [1.807, 2.05) is 19.1 Å². The van der Waals surface area contributed by atoms with E-state index in [-0.39, 0.29) is 6.61 Å². The number of halogens is 1. The number of aryl methyl sites for hydroxylation is 1. The zero-order valence-electron chi connectivity index (χ0n) is 6.69. The Bertz CT molecular complexity index is 269. The number of hydrogen-bond acceptors (Lipinski definition) is 1. The Labute approximate surface area is 75.2 Å². The molecule has 1 rings (SSSR count). The lowest BCUT2D eigenvalue weighted by molar-refractivity contribution is 0.281. The maximum Gasteiger partial charge on any atom is 0.0692 e. The van der Waals surface area contributed by atoms with Crippen LogP contribution >= 0.6 is 15.9 Å². The van der Waals surface area contributed by atoms with Gasteiger partial charge in [0.15, 0.2) is 0 Å². The van der Waals surface area contributed by atoms with Gasteiger partial charge in [-0.1, -0.05) is 28.1 Å². The quantitative estimate of drug-likeness (QED) is 0.763. The highest BCUT2D eigenvalue weighted by molar-refractivity contribution is 9.10. The van der Waals surface area contributed by atoms with Crippen LogP contribution in [0, 0.1) is 13.8 Å². The summed E-state index contributed by atoms with van der Waals surface area (Å²) in [6.07, 6.45) is 0. The Morgan fingerprint density at radius 2 is 2.00 bits per heavy atom. The molecule has 0 aromatic heterocycles. The molecule has 0 aliphatic rings. The molecule has 0 radical (unpaired) electrons. The van der Waals surface area contributed by atoms with Crippen LogP contribution in [0.25, 0.3) is 0 Å². The first-order valence-corrected chi connectivity index (χ1v) is 4.31. The number of hydrogen-bond donors (Lipinski definition) is 1. The van der Waals surface area contributed by atoms with E-state index in [4.69, 9.17) is 5.11 Å². The summed E-state index contributed by atoms with van der Waals surface area (Å²) in [6.45, 7) is 4.20. The van der Waals surface area contributed by atoms with Crippen molar-refractivity contribution in [2.45, 2.75) is 20.5 Å². The normalized spacial score (nSPS) is 10.2. The highest BCUT2D eigenvalue weighted by Gasteiger charge is 2.02. The summed E-state index contributed by atoms with van der Waals surface area (Å²) in [5.74, 6) is 0. The van der Waals surface area contributed by atoms with Gasteiger partial charge in [-0.25, -0.2) is 0 Å². The van der Waals surface area contributed by atoms with Gasteiger partial charge < -0.3 is 5.11 Å². The van der Waals surface area contributed by atoms with Crippen molar-refractivity contribution in [1.29, 1.82) is 0 Å². The Hall–Kier alpha value is -0.340. The molecular formula is C9H11BrO. The second-order valence-electron chi connectivity index (χ2n) is 2.64. The molecule has 0 saturated heterocycles. The number of aliphatic hydroxyl groups excluding tert-OH is 1. The average Bonchev–Trinajstić information content (AvgIpc) is 2.01. The Morgan fingerprint density at radius 3 is 2.55 bits per heavy atom. The van der Waals surface area contributed by atoms with Crippen LogP contribution in [0.2, 0.25) is 0 Å². The fourth-order valence-electron chi connectivity index (χ4n) is 0.960. The molecule has 0 saturated carbocycles. The largest absolute Gasteiger partial charge is 0.392 e. The second-order valence-corrected chi connectivity index (χ2v) is 3.43. The predicted molar refractivity (Wildman–Crippen MR) is 49.5 cm³/mol. The van der Waals surface area contributed by atoms with E-state index in [0.29, 0.717) is 0 Å². The Kier molecular flexibility index (Phi) is 2.68. The van der Waals surface area contributed by atoms with E-state index in [0.717, 1.165) is 10.0 Å². The van der Waals surface area contributed by atoms with Gasteiger partial charge in [-0.15, -0.1) is 0 Å². The molecule has 60 valence electrons. The molecule has 1 N–H and O–H groups in total. The fourth-order valence-corrected chi connectivity index (χ4v) is 1.53. The van der Waals surface area contributed by atoms with E-state index in [2.05, 4.69) is 22.9 Å². The van der Waals surface area contributed by atoms with E-state index in [1.165, 1.54) is 11.1 Å². The van der Waals surface area contributed by atoms with E-state index < -0.39 is 0 Å². The van der Waals surface area contributed by atoms with Crippen molar-refractivity contribution in [3.8, 4) is 0 Å². The van der Waals surface area contributed by atoms with E-state index >= 15 is 0 Å². The lowest BCUT2D eigenvalue weighted by atomic mass is 10.1.